The summed E-state index contributed by atoms with van der Waals surface area (Å²) in [6.07, 6.45) is 4.90. The molecule has 2 heterocycles. The van der Waals surface area contributed by atoms with Crippen LogP contribution in [0, 0.1) is 0 Å². The van der Waals surface area contributed by atoms with Crippen LogP contribution in [0.5, 0.6) is 0 Å². The van der Waals surface area contributed by atoms with Crippen LogP contribution in [0.15, 0.2) is 18.7 Å². The van der Waals surface area contributed by atoms with Gasteiger partial charge < -0.3 is 10.0 Å². The fourth-order valence-electron chi connectivity index (χ4n) is 1.24. The standard InChI is InChI=1S/C9H11ClN6O/c1-15(4-5-17)8-12-7(10)13-9(14-8)16-3-2-11-6-16/h2-3,6,17H,4-5H2,1H3. The van der Waals surface area contributed by atoms with Gasteiger partial charge in [-0.15, -0.1) is 0 Å². The van der Waals surface area contributed by atoms with Gasteiger partial charge in [-0.25, -0.2) is 4.98 Å². The zero-order valence-electron chi connectivity index (χ0n) is 9.15. The normalized spacial score (nSPS) is 10.5. The van der Waals surface area contributed by atoms with E-state index >= 15 is 0 Å². The highest BCUT2D eigenvalue weighted by molar-refractivity contribution is 6.28. The van der Waals surface area contributed by atoms with Crippen molar-refractivity contribution in [1.29, 1.82) is 0 Å². The van der Waals surface area contributed by atoms with E-state index < -0.39 is 0 Å². The molecule has 0 aliphatic heterocycles. The first-order valence-corrected chi connectivity index (χ1v) is 5.30. The molecule has 2 aromatic rings. The third kappa shape index (κ3) is 2.69. The van der Waals surface area contributed by atoms with Gasteiger partial charge in [0.1, 0.15) is 6.33 Å². The molecule has 8 heteroatoms. The van der Waals surface area contributed by atoms with E-state index in [0.29, 0.717) is 18.4 Å². The molecule has 7 nitrogen and oxygen atoms in total. The highest BCUT2D eigenvalue weighted by atomic mass is 35.5. The van der Waals surface area contributed by atoms with Gasteiger partial charge in [0.2, 0.25) is 17.2 Å². The van der Waals surface area contributed by atoms with Gasteiger partial charge in [-0.1, -0.05) is 0 Å². The summed E-state index contributed by atoms with van der Waals surface area (Å²) in [5.41, 5.74) is 0. The Balaban J connectivity index is 2.36. The summed E-state index contributed by atoms with van der Waals surface area (Å²) >= 11 is 5.83. The van der Waals surface area contributed by atoms with Crippen LogP contribution in [0.4, 0.5) is 5.95 Å². The Hall–Kier alpha value is -1.73. The second-order valence-electron chi connectivity index (χ2n) is 3.32. The molecule has 1 N–H and O–H groups in total. The van der Waals surface area contributed by atoms with Gasteiger partial charge in [-0.3, -0.25) is 4.57 Å². The number of likely N-dealkylation sites (N-methyl/N-ethyl adjacent to an activating group) is 1. The predicted molar refractivity (Wildman–Crippen MR) is 62.3 cm³/mol. The van der Waals surface area contributed by atoms with Crippen molar-refractivity contribution >= 4 is 17.5 Å². The first-order chi connectivity index (χ1) is 8.20. The minimum atomic E-state index is 0.0141. The molecule has 0 saturated heterocycles. The van der Waals surface area contributed by atoms with Crippen molar-refractivity contribution in [2.75, 3.05) is 25.1 Å². The van der Waals surface area contributed by atoms with Crippen molar-refractivity contribution in [3.05, 3.63) is 24.0 Å². The maximum Gasteiger partial charge on any atom is 0.241 e. The second kappa shape index (κ2) is 5.07. The maximum atomic E-state index is 8.86. The smallest absolute Gasteiger partial charge is 0.241 e. The Labute approximate surface area is 103 Å². The number of hydrogen-bond acceptors (Lipinski definition) is 6. The van der Waals surface area contributed by atoms with Gasteiger partial charge in [-0.2, -0.15) is 15.0 Å². The molecule has 0 atom stereocenters. The molecule has 0 saturated carbocycles. The number of hydrogen-bond donors (Lipinski definition) is 1. The van der Waals surface area contributed by atoms with Crippen molar-refractivity contribution in [3.8, 4) is 5.95 Å². The van der Waals surface area contributed by atoms with Crippen molar-refractivity contribution in [3.63, 3.8) is 0 Å². The highest BCUT2D eigenvalue weighted by Crippen LogP contribution is 2.11. The van der Waals surface area contributed by atoms with Crippen LogP contribution in [0.2, 0.25) is 5.28 Å². The first kappa shape index (κ1) is 11.7. The molecule has 2 rings (SSSR count). The SMILES string of the molecule is CN(CCO)c1nc(Cl)nc(-n2ccnc2)n1. The molecule has 0 amide bonds. The van der Waals surface area contributed by atoms with Crippen LogP contribution in [-0.4, -0.2) is 49.8 Å². The van der Waals surface area contributed by atoms with Crippen molar-refractivity contribution in [1.82, 2.24) is 24.5 Å². The van der Waals surface area contributed by atoms with Crippen molar-refractivity contribution in [2.24, 2.45) is 0 Å². The largest absolute Gasteiger partial charge is 0.395 e. The van der Waals surface area contributed by atoms with Crippen LogP contribution in [-0.2, 0) is 0 Å². The Bertz CT molecular complexity index is 488. The van der Waals surface area contributed by atoms with Gasteiger partial charge in [-0.05, 0) is 11.6 Å². The molecule has 0 spiro atoms. The van der Waals surface area contributed by atoms with Gasteiger partial charge in [0.15, 0.2) is 0 Å². The zero-order valence-corrected chi connectivity index (χ0v) is 9.91. The Morgan fingerprint density at radius 2 is 2.24 bits per heavy atom. The average Bonchev–Trinajstić information content (AvgIpc) is 2.82. The minimum absolute atomic E-state index is 0.0141. The van der Waals surface area contributed by atoms with E-state index in [1.54, 1.807) is 35.2 Å². The molecule has 0 aromatic carbocycles. The van der Waals surface area contributed by atoms with E-state index in [1.165, 1.54) is 0 Å². The fourth-order valence-corrected chi connectivity index (χ4v) is 1.39. The molecule has 0 aliphatic carbocycles. The van der Waals surface area contributed by atoms with E-state index in [1.807, 2.05) is 0 Å². The van der Waals surface area contributed by atoms with Crippen LogP contribution in [0.25, 0.3) is 5.95 Å². The van der Waals surface area contributed by atoms with Crippen LogP contribution in [0.1, 0.15) is 0 Å². The van der Waals surface area contributed by atoms with Gasteiger partial charge in [0, 0.05) is 26.0 Å². The van der Waals surface area contributed by atoms with E-state index in [0.717, 1.165) is 0 Å². The summed E-state index contributed by atoms with van der Waals surface area (Å²) in [7, 11) is 1.76. The molecule has 17 heavy (non-hydrogen) atoms. The Morgan fingerprint density at radius 3 is 2.88 bits per heavy atom. The number of nitrogens with zero attached hydrogens (tertiary/aromatic N) is 6. The zero-order chi connectivity index (χ0) is 12.3. The highest BCUT2D eigenvalue weighted by Gasteiger charge is 2.09. The number of aromatic nitrogens is 5. The lowest BCUT2D eigenvalue weighted by Crippen LogP contribution is -2.24. The Kier molecular flexibility index (Phi) is 3.50. The third-order valence-corrected chi connectivity index (χ3v) is 2.27. The maximum absolute atomic E-state index is 8.86. The Morgan fingerprint density at radius 1 is 1.41 bits per heavy atom. The van der Waals surface area contributed by atoms with E-state index in [4.69, 9.17) is 16.7 Å². The number of halogens is 1. The molecular weight excluding hydrogens is 244 g/mol. The molecule has 0 fully saturated rings. The molecule has 90 valence electrons. The quantitative estimate of drug-likeness (QED) is 0.836. The lowest BCUT2D eigenvalue weighted by molar-refractivity contribution is 0.303. The predicted octanol–water partition coefficient (Wildman–Crippen LogP) is 0.139. The molecule has 0 unspecified atom stereocenters. The van der Waals surface area contributed by atoms with E-state index in [-0.39, 0.29) is 11.9 Å². The first-order valence-electron chi connectivity index (χ1n) is 4.92. The van der Waals surface area contributed by atoms with Crippen LogP contribution >= 0.6 is 11.6 Å². The van der Waals surface area contributed by atoms with Crippen LogP contribution < -0.4 is 4.90 Å². The van der Waals surface area contributed by atoms with Crippen molar-refractivity contribution < 1.29 is 5.11 Å². The number of aliphatic hydroxyl groups excluding tert-OH is 1. The molecular formula is C9H11ClN6O. The number of aliphatic hydroxyl groups is 1. The van der Waals surface area contributed by atoms with Gasteiger partial charge in [0.05, 0.1) is 6.61 Å². The number of rotatable bonds is 4. The van der Waals surface area contributed by atoms with Gasteiger partial charge >= 0.3 is 0 Å². The molecule has 0 bridgehead atoms. The fraction of sp³-hybridized carbons (Fsp3) is 0.333. The van der Waals surface area contributed by atoms with Gasteiger partial charge in [0.25, 0.3) is 0 Å². The third-order valence-electron chi connectivity index (χ3n) is 2.10. The summed E-state index contributed by atoms with van der Waals surface area (Å²) in [5, 5.41) is 8.96. The topological polar surface area (TPSA) is 80.0 Å². The monoisotopic (exact) mass is 254 g/mol. The molecule has 0 radical (unpaired) electrons. The lowest BCUT2D eigenvalue weighted by atomic mass is 10.6. The van der Waals surface area contributed by atoms with Crippen LogP contribution in [0.3, 0.4) is 0 Å². The lowest BCUT2D eigenvalue weighted by Gasteiger charge is -2.15. The molecule has 0 aliphatic rings. The summed E-state index contributed by atoms with van der Waals surface area (Å²) < 4.78 is 1.63. The minimum Gasteiger partial charge on any atom is -0.395 e. The summed E-state index contributed by atoms with van der Waals surface area (Å²) in [6, 6.07) is 0. The number of anilines is 1. The summed E-state index contributed by atoms with van der Waals surface area (Å²) in [4.78, 5) is 17.8. The van der Waals surface area contributed by atoms with Crippen molar-refractivity contribution in [2.45, 2.75) is 0 Å². The summed E-state index contributed by atoms with van der Waals surface area (Å²) in [5.74, 6) is 0.796. The average molecular weight is 255 g/mol. The summed E-state index contributed by atoms with van der Waals surface area (Å²) in [6.45, 7) is 0.434. The number of imidazole rings is 1. The van der Waals surface area contributed by atoms with E-state index in [9.17, 15) is 0 Å². The second-order valence-corrected chi connectivity index (χ2v) is 3.66. The van der Waals surface area contributed by atoms with E-state index in [2.05, 4.69) is 19.9 Å². The molecule has 2 aromatic heterocycles.